The molecule has 0 aromatic heterocycles. The summed E-state index contributed by atoms with van der Waals surface area (Å²) >= 11 is 0. The zero-order valence-corrected chi connectivity index (χ0v) is 13.0. The van der Waals surface area contributed by atoms with Gasteiger partial charge in [-0.25, -0.2) is 0 Å². The first-order valence-electron chi connectivity index (χ1n) is 7.66. The van der Waals surface area contributed by atoms with Crippen LogP contribution in [0.4, 0.5) is 0 Å². The standard InChI is InChI=1S/C17H21NO4/c1-11-7-12(2)16-13(19)9-17(22-14(16)8-11)3-5-18(6-4-17)10-15(20)21/h7-8H,3-6,9-10H2,1-2H3,(H,20,21). The van der Waals surface area contributed by atoms with Crippen LogP contribution in [0.1, 0.15) is 40.7 Å². The molecular formula is C17H21NO4. The summed E-state index contributed by atoms with van der Waals surface area (Å²) < 4.78 is 6.25. The Morgan fingerprint density at radius 2 is 2.00 bits per heavy atom. The molecule has 2 aliphatic heterocycles. The van der Waals surface area contributed by atoms with E-state index in [1.807, 2.05) is 30.9 Å². The van der Waals surface area contributed by atoms with Crippen LogP contribution in [0, 0.1) is 13.8 Å². The number of carbonyl (C=O) groups excluding carboxylic acids is 1. The van der Waals surface area contributed by atoms with E-state index in [4.69, 9.17) is 9.84 Å². The number of ether oxygens (including phenoxy) is 1. The minimum atomic E-state index is -0.812. The number of rotatable bonds is 2. The smallest absolute Gasteiger partial charge is 0.317 e. The van der Waals surface area contributed by atoms with Gasteiger partial charge in [0.15, 0.2) is 5.78 Å². The average molecular weight is 303 g/mol. The number of fused-ring (bicyclic) bond motifs is 1. The van der Waals surface area contributed by atoms with Crippen LogP contribution in [0.15, 0.2) is 12.1 Å². The highest BCUT2D eigenvalue weighted by Crippen LogP contribution is 2.40. The molecule has 1 fully saturated rings. The summed E-state index contributed by atoms with van der Waals surface area (Å²) in [5.74, 6) is 0.0269. The molecule has 0 amide bonds. The zero-order valence-electron chi connectivity index (χ0n) is 13.0. The molecular weight excluding hydrogens is 282 g/mol. The fourth-order valence-corrected chi connectivity index (χ4v) is 3.61. The lowest BCUT2D eigenvalue weighted by molar-refractivity contribution is -0.139. The number of Topliss-reactive ketones (excluding diaryl/α,β-unsaturated/α-hetero) is 1. The number of carbonyl (C=O) groups is 2. The van der Waals surface area contributed by atoms with Crippen molar-refractivity contribution in [3.05, 3.63) is 28.8 Å². The van der Waals surface area contributed by atoms with Gasteiger partial charge in [0.05, 0.1) is 18.5 Å². The third kappa shape index (κ3) is 2.73. The van der Waals surface area contributed by atoms with Crippen LogP contribution in [-0.2, 0) is 4.79 Å². The number of carboxylic acid groups (broad SMARTS) is 1. The van der Waals surface area contributed by atoms with Crippen molar-refractivity contribution in [2.45, 2.75) is 38.7 Å². The third-order valence-electron chi connectivity index (χ3n) is 4.66. The number of hydrogen-bond donors (Lipinski definition) is 1. The van der Waals surface area contributed by atoms with Crippen LogP contribution in [0.25, 0.3) is 0 Å². The van der Waals surface area contributed by atoms with Crippen molar-refractivity contribution in [2.24, 2.45) is 0 Å². The maximum Gasteiger partial charge on any atom is 0.317 e. The van der Waals surface area contributed by atoms with Crippen LogP contribution in [0.3, 0.4) is 0 Å². The minimum absolute atomic E-state index is 0.0544. The number of hydrogen-bond acceptors (Lipinski definition) is 4. The van der Waals surface area contributed by atoms with Crippen LogP contribution in [0.2, 0.25) is 0 Å². The quantitative estimate of drug-likeness (QED) is 0.907. The van der Waals surface area contributed by atoms with Crippen molar-refractivity contribution in [2.75, 3.05) is 19.6 Å². The normalized spacial score (nSPS) is 20.5. The van der Waals surface area contributed by atoms with E-state index in [0.29, 0.717) is 43.7 Å². The van der Waals surface area contributed by atoms with Gasteiger partial charge in [0.25, 0.3) is 0 Å². The summed E-state index contributed by atoms with van der Waals surface area (Å²) in [5.41, 5.74) is 2.31. The molecule has 0 bridgehead atoms. The van der Waals surface area contributed by atoms with Crippen LogP contribution < -0.4 is 4.74 Å². The molecule has 1 saturated heterocycles. The molecule has 0 atom stereocenters. The Bertz CT molecular complexity index is 630. The Morgan fingerprint density at radius 3 is 2.64 bits per heavy atom. The van der Waals surface area contributed by atoms with Gasteiger partial charge in [-0.15, -0.1) is 0 Å². The van der Waals surface area contributed by atoms with Gasteiger partial charge in [-0.05, 0) is 31.0 Å². The fraction of sp³-hybridized carbons (Fsp3) is 0.529. The van der Waals surface area contributed by atoms with E-state index in [0.717, 1.165) is 11.1 Å². The highest BCUT2D eigenvalue weighted by molar-refractivity contribution is 6.01. The molecule has 0 radical (unpaired) electrons. The molecule has 0 saturated carbocycles. The number of ketones is 1. The summed E-state index contributed by atoms with van der Waals surface area (Å²) in [6, 6.07) is 3.94. The molecule has 1 aromatic rings. The average Bonchev–Trinajstić information content (AvgIpc) is 2.39. The maximum atomic E-state index is 12.6. The Balaban J connectivity index is 1.81. The third-order valence-corrected chi connectivity index (χ3v) is 4.66. The number of aliphatic carboxylic acids is 1. The van der Waals surface area contributed by atoms with E-state index in [2.05, 4.69) is 0 Å². The van der Waals surface area contributed by atoms with Gasteiger partial charge in [-0.3, -0.25) is 14.5 Å². The molecule has 0 unspecified atom stereocenters. The van der Waals surface area contributed by atoms with Crippen molar-refractivity contribution >= 4 is 11.8 Å². The monoisotopic (exact) mass is 303 g/mol. The Kier molecular flexibility index (Phi) is 3.68. The second-order valence-electron chi connectivity index (χ2n) is 6.51. The lowest BCUT2D eigenvalue weighted by Gasteiger charge is -2.44. The molecule has 3 rings (SSSR count). The molecule has 5 nitrogen and oxygen atoms in total. The number of piperidine rings is 1. The van der Waals surface area contributed by atoms with Gasteiger partial charge in [-0.1, -0.05) is 6.07 Å². The molecule has 22 heavy (non-hydrogen) atoms. The molecule has 2 heterocycles. The van der Waals surface area contributed by atoms with E-state index in [-0.39, 0.29) is 12.3 Å². The van der Waals surface area contributed by atoms with Gasteiger partial charge < -0.3 is 9.84 Å². The van der Waals surface area contributed by atoms with Crippen LogP contribution >= 0.6 is 0 Å². The molecule has 5 heteroatoms. The maximum absolute atomic E-state index is 12.6. The van der Waals surface area contributed by atoms with Gasteiger partial charge in [-0.2, -0.15) is 0 Å². The van der Waals surface area contributed by atoms with Crippen molar-refractivity contribution in [3.63, 3.8) is 0 Å². The lowest BCUT2D eigenvalue weighted by Crippen LogP contribution is -2.51. The highest BCUT2D eigenvalue weighted by Gasteiger charge is 2.43. The number of benzene rings is 1. The van der Waals surface area contributed by atoms with Gasteiger partial charge >= 0.3 is 5.97 Å². The summed E-state index contributed by atoms with van der Waals surface area (Å²) in [6.45, 7) is 5.30. The molecule has 0 aliphatic carbocycles. The summed E-state index contributed by atoms with van der Waals surface area (Å²) in [7, 11) is 0. The molecule has 1 spiro atoms. The van der Waals surface area contributed by atoms with E-state index in [1.165, 1.54) is 0 Å². The Morgan fingerprint density at radius 1 is 1.32 bits per heavy atom. The molecule has 1 N–H and O–H groups in total. The molecule has 2 aliphatic rings. The second-order valence-corrected chi connectivity index (χ2v) is 6.51. The SMILES string of the molecule is Cc1cc(C)c2c(c1)OC1(CCN(CC(=O)O)CC1)CC2=O. The number of nitrogens with zero attached hydrogens (tertiary/aromatic N) is 1. The zero-order chi connectivity index (χ0) is 15.9. The molecule has 1 aromatic carbocycles. The fourth-order valence-electron chi connectivity index (χ4n) is 3.61. The lowest BCUT2D eigenvalue weighted by atomic mass is 9.81. The predicted octanol–water partition coefficient (Wildman–Crippen LogP) is 2.19. The summed E-state index contributed by atoms with van der Waals surface area (Å²) in [6.07, 6.45) is 1.78. The minimum Gasteiger partial charge on any atom is -0.486 e. The molecule has 118 valence electrons. The second kappa shape index (κ2) is 5.39. The van der Waals surface area contributed by atoms with E-state index < -0.39 is 11.6 Å². The van der Waals surface area contributed by atoms with E-state index >= 15 is 0 Å². The van der Waals surface area contributed by atoms with Crippen molar-refractivity contribution in [1.82, 2.24) is 4.90 Å². The Hall–Kier alpha value is -1.88. The van der Waals surface area contributed by atoms with Crippen molar-refractivity contribution in [1.29, 1.82) is 0 Å². The first-order valence-corrected chi connectivity index (χ1v) is 7.66. The van der Waals surface area contributed by atoms with E-state index in [1.54, 1.807) is 0 Å². The number of likely N-dealkylation sites (tertiary alicyclic amines) is 1. The van der Waals surface area contributed by atoms with E-state index in [9.17, 15) is 9.59 Å². The summed E-state index contributed by atoms with van der Waals surface area (Å²) in [4.78, 5) is 25.3. The highest BCUT2D eigenvalue weighted by atomic mass is 16.5. The van der Waals surface area contributed by atoms with Crippen LogP contribution in [0.5, 0.6) is 5.75 Å². The largest absolute Gasteiger partial charge is 0.486 e. The van der Waals surface area contributed by atoms with Gasteiger partial charge in [0.2, 0.25) is 0 Å². The van der Waals surface area contributed by atoms with Gasteiger partial charge in [0.1, 0.15) is 11.4 Å². The Labute approximate surface area is 129 Å². The van der Waals surface area contributed by atoms with Crippen molar-refractivity contribution < 1.29 is 19.4 Å². The number of aryl methyl sites for hydroxylation is 2. The first kappa shape index (κ1) is 15.0. The summed E-state index contributed by atoms with van der Waals surface area (Å²) in [5, 5.41) is 8.87. The predicted molar refractivity (Wildman–Crippen MR) is 81.5 cm³/mol. The van der Waals surface area contributed by atoms with Gasteiger partial charge in [0, 0.05) is 25.9 Å². The first-order chi connectivity index (χ1) is 10.4. The topological polar surface area (TPSA) is 66.8 Å². The van der Waals surface area contributed by atoms with Crippen LogP contribution in [-0.4, -0.2) is 47.0 Å². The number of carboxylic acids is 1. The van der Waals surface area contributed by atoms with Crippen molar-refractivity contribution in [3.8, 4) is 5.75 Å².